The highest BCUT2D eigenvalue weighted by Gasteiger charge is 2.63. The molecule has 1 N–H and O–H groups in total. The third-order valence-corrected chi connectivity index (χ3v) is 4.42. The molecule has 0 fully saturated rings. The van der Waals surface area contributed by atoms with Gasteiger partial charge in [0.25, 0.3) is 5.60 Å². The number of hydrogen-bond acceptors (Lipinski definition) is 4. The number of esters is 1. The van der Waals surface area contributed by atoms with Crippen LogP contribution >= 0.6 is 0 Å². The lowest BCUT2D eigenvalue weighted by molar-refractivity contribution is -0.267. The van der Waals surface area contributed by atoms with Crippen LogP contribution in [0.1, 0.15) is 18.1 Å². The Morgan fingerprint density at radius 2 is 1.82 bits per heavy atom. The molecule has 0 aliphatic heterocycles. The molecule has 4 nitrogen and oxygen atoms in total. The Balaban J connectivity index is 2.28. The van der Waals surface area contributed by atoms with E-state index in [4.69, 9.17) is 0 Å². The summed E-state index contributed by atoms with van der Waals surface area (Å²) in [6.07, 6.45) is -5.28. The molecule has 0 aliphatic carbocycles. The van der Waals surface area contributed by atoms with Crippen molar-refractivity contribution < 1.29 is 27.8 Å². The largest absolute Gasteiger partial charge is 0.463 e. The minimum atomic E-state index is -5.28. The molecule has 1 atom stereocenters. The van der Waals surface area contributed by atoms with E-state index in [1.165, 1.54) is 13.0 Å². The second-order valence-electron chi connectivity index (χ2n) is 6.37. The molecule has 0 aliphatic rings. The third-order valence-electron chi connectivity index (χ3n) is 4.42. The van der Waals surface area contributed by atoms with Crippen molar-refractivity contribution in [1.29, 1.82) is 0 Å². The summed E-state index contributed by atoms with van der Waals surface area (Å²) < 4.78 is 46.2. The maximum absolute atomic E-state index is 13.9. The van der Waals surface area contributed by atoms with Crippen LogP contribution < -0.4 is 0 Å². The van der Waals surface area contributed by atoms with Gasteiger partial charge in [0.1, 0.15) is 0 Å². The van der Waals surface area contributed by atoms with Crippen LogP contribution in [0.4, 0.5) is 13.2 Å². The molecule has 3 rings (SSSR count). The normalized spacial score (nSPS) is 13.9. The molecule has 0 amide bonds. The summed E-state index contributed by atoms with van der Waals surface area (Å²) in [5.41, 5.74) is -3.17. The molecule has 2 aromatic carbocycles. The van der Waals surface area contributed by atoms with Gasteiger partial charge in [-0.25, -0.2) is 9.78 Å². The molecule has 0 saturated heterocycles. The van der Waals surface area contributed by atoms with Crippen molar-refractivity contribution in [3.63, 3.8) is 0 Å². The van der Waals surface area contributed by atoms with E-state index in [-0.39, 0.29) is 17.9 Å². The highest BCUT2D eigenvalue weighted by atomic mass is 19.4. The Labute approximate surface area is 159 Å². The van der Waals surface area contributed by atoms with Crippen LogP contribution in [0.5, 0.6) is 0 Å². The summed E-state index contributed by atoms with van der Waals surface area (Å²) in [5, 5.41) is 11.4. The number of para-hydroxylation sites is 1. The fraction of sp³-hybridized carbons (Fsp3) is 0.238. The number of aliphatic hydroxyl groups is 1. The highest BCUT2D eigenvalue weighted by Crippen LogP contribution is 2.44. The molecule has 1 heterocycles. The number of halogens is 3. The standard InChI is InChI=1S/C21H18F3NO3/c1-3-28-19(26)20(27,21(22,23)24)16-12-13(2)8-10-15(16)18-11-9-14-6-4-5-7-17(14)25-18/h4-12,27H,3H2,1-2H3. The molecular formula is C21H18F3NO3. The van der Waals surface area contributed by atoms with Gasteiger partial charge >= 0.3 is 12.1 Å². The summed E-state index contributed by atoms with van der Waals surface area (Å²) in [7, 11) is 0. The second-order valence-corrected chi connectivity index (χ2v) is 6.37. The molecular weight excluding hydrogens is 371 g/mol. The second kappa shape index (κ2) is 7.24. The van der Waals surface area contributed by atoms with Gasteiger partial charge in [0, 0.05) is 16.5 Å². The Morgan fingerprint density at radius 3 is 2.50 bits per heavy atom. The Hall–Kier alpha value is -2.93. The first-order chi connectivity index (χ1) is 13.2. The zero-order chi connectivity index (χ0) is 20.5. The predicted octanol–water partition coefficient (Wildman–Crippen LogP) is 4.52. The fourth-order valence-electron chi connectivity index (χ4n) is 3.01. The summed E-state index contributed by atoms with van der Waals surface area (Å²) in [6.45, 7) is 2.65. The number of rotatable bonds is 4. The SMILES string of the molecule is CCOC(=O)C(O)(c1cc(C)ccc1-c1ccc2ccccc2n1)C(F)(F)F. The van der Waals surface area contributed by atoms with Crippen LogP contribution in [-0.2, 0) is 15.1 Å². The lowest BCUT2D eigenvalue weighted by atomic mass is 9.86. The van der Waals surface area contributed by atoms with E-state index in [1.807, 2.05) is 12.1 Å². The van der Waals surface area contributed by atoms with Crippen molar-refractivity contribution in [2.75, 3.05) is 6.61 Å². The van der Waals surface area contributed by atoms with E-state index in [2.05, 4.69) is 9.72 Å². The molecule has 0 bridgehead atoms. The number of aryl methyl sites for hydroxylation is 1. The van der Waals surface area contributed by atoms with Crippen LogP contribution in [-0.4, -0.2) is 28.8 Å². The molecule has 0 radical (unpaired) electrons. The minimum Gasteiger partial charge on any atom is -0.463 e. The molecule has 0 saturated carbocycles. The first-order valence-electron chi connectivity index (χ1n) is 8.62. The number of carbonyl (C=O) groups excluding carboxylic acids is 1. The molecule has 0 spiro atoms. The van der Waals surface area contributed by atoms with Crippen LogP contribution in [0.15, 0.2) is 54.6 Å². The van der Waals surface area contributed by atoms with Crippen LogP contribution in [0.2, 0.25) is 0 Å². The Bertz CT molecular complexity index is 1030. The summed E-state index contributed by atoms with van der Waals surface area (Å²) >= 11 is 0. The molecule has 146 valence electrons. The van der Waals surface area contributed by atoms with Crippen molar-refractivity contribution in [2.24, 2.45) is 0 Å². The average Bonchev–Trinajstić information content (AvgIpc) is 2.66. The van der Waals surface area contributed by atoms with Gasteiger partial charge < -0.3 is 9.84 Å². The molecule has 28 heavy (non-hydrogen) atoms. The van der Waals surface area contributed by atoms with E-state index >= 15 is 0 Å². The van der Waals surface area contributed by atoms with Crippen LogP contribution in [0, 0.1) is 6.92 Å². The van der Waals surface area contributed by atoms with Gasteiger partial charge in [0.05, 0.1) is 17.8 Å². The number of benzene rings is 2. The average molecular weight is 389 g/mol. The van der Waals surface area contributed by atoms with E-state index in [9.17, 15) is 23.1 Å². The van der Waals surface area contributed by atoms with Gasteiger partial charge in [-0.05, 0) is 26.0 Å². The van der Waals surface area contributed by atoms with Gasteiger partial charge in [-0.3, -0.25) is 0 Å². The van der Waals surface area contributed by atoms with Crippen molar-refractivity contribution in [1.82, 2.24) is 4.98 Å². The lowest BCUT2D eigenvalue weighted by Crippen LogP contribution is -2.50. The van der Waals surface area contributed by atoms with Gasteiger partial charge in [-0.1, -0.05) is 48.0 Å². The fourth-order valence-corrected chi connectivity index (χ4v) is 3.01. The van der Waals surface area contributed by atoms with E-state index in [0.717, 1.165) is 11.5 Å². The lowest BCUT2D eigenvalue weighted by Gasteiger charge is -2.30. The molecule has 3 aromatic rings. The maximum Gasteiger partial charge on any atom is 0.432 e. The molecule has 1 unspecified atom stereocenters. The number of carbonyl (C=O) groups is 1. The van der Waals surface area contributed by atoms with Crippen molar-refractivity contribution >= 4 is 16.9 Å². The number of nitrogens with zero attached hydrogens (tertiary/aromatic N) is 1. The number of hydrogen-bond donors (Lipinski definition) is 1. The van der Waals surface area contributed by atoms with Crippen molar-refractivity contribution in [3.05, 3.63) is 65.7 Å². The van der Waals surface area contributed by atoms with Crippen LogP contribution in [0.3, 0.4) is 0 Å². The monoisotopic (exact) mass is 389 g/mol. The number of aromatic nitrogens is 1. The first-order valence-corrected chi connectivity index (χ1v) is 8.62. The summed E-state index contributed by atoms with van der Waals surface area (Å²) in [6, 6.07) is 14.6. The maximum atomic E-state index is 13.9. The molecule has 7 heteroatoms. The Morgan fingerprint density at radius 1 is 1.11 bits per heavy atom. The highest BCUT2D eigenvalue weighted by molar-refractivity contribution is 5.87. The number of ether oxygens (including phenoxy) is 1. The van der Waals surface area contributed by atoms with Crippen molar-refractivity contribution in [3.8, 4) is 11.3 Å². The molecule has 1 aromatic heterocycles. The zero-order valence-corrected chi connectivity index (χ0v) is 15.2. The topological polar surface area (TPSA) is 59.4 Å². The first kappa shape index (κ1) is 19.8. The minimum absolute atomic E-state index is 0.00392. The Kier molecular flexibility index (Phi) is 5.12. The quantitative estimate of drug-likeness (QED) is 0.667. The van der Waals surface area contributed by atoms with Gasteiger partial charge in [-0.15, -0.1) is 0 Å². The predicted molar refractivity (Wildman–Crippen MR) is 98.5 cm³/mol. The van der Waals surface area contributed by atoms with Crippen LogP contribution in [0.25, 0.3) is 22.2 Å². The number of alkyl halides is 3. The van der Waals surface area contributed by atoms with Gasteiger partial charge in [0.2, 0.25) is 0 Å². The summed E-state index contributed by atoms with van der Waals surface area (Å²) in [4.78, 5) is 16.6. The smallest absolute Gasteiger partial charge is 0.432 e. The number of pyridine rings is 1. The summed E-state index contributed by atoms with van der Waals surface area (Å²) in [5.74, 6) is -1.77. The van der Waals surface area contributed by atoms with Gasteiger partial charge in [0.15, 0.2) is 0 Å². The third kappa shape index (κ3) is 3.33. The van der Waals surface area contributed by atoms with Gasteiger partial charge in [-0.2, -0.15) is 13.2 Å². The number of fused-ring (bicyclic) bond motifs is 1. The van der Waals surface area contributed by atoms with E-state index in [0.29, 0.717) is 11.1 Å². The zero-order valence-electron chi connectivity index (χ0n) is 15.2. The van der Waals surface area contributed by atoms with Crippen molar-refractivity contribution in [2.45, 2.75) is 25.6 Å². The van der Waals surface area contributed by atoms with E-state index in [1.54, 1.807) is 37.3 Å². The van der Waals surface area contributed by atoms with E-state index < -0.39 is 23.3 Å².